The number of amides is 1. The maximum absolute atomic E-state index is 12.0. The second-order valence-corrected chi connectivity index (χ2v) is 6.19. The third-order valence-electron chi connectivity index (χ3n) is 3.43. The van der Waals surface area contributed by atoms with E-state index in [0.717, 1.165) is 27.8 Å². The predicted molar refractivity (Wildman–Crippen MR) is 97.0 cm³/mol. The number of nitrogen functional groups attached to an aromatic ring is 1. The molecule has 2 aromatic heterocycles. The number of pyridine rings is 1. The third kappa shape index (κ3) is 3.52. The van der Waals surface area contributed by atoms with Gasteiger partial charge in [0.05, 0.1) is 10.2 Å². The van der Waals surface area contributed by atoms with Crippen LogP contribution in [0.25, 0.3) is 16.3 Å². The van der Waals surface area contributed by atoms with Crippen LogP contribution in [0.3, 0.4) is 0 Å². The minimum Gasteiger partial charge on any atom is -0.508 e. The molecule has 0 fully saturated rings. The highest BCUT2D eigenvalue weighted by Crippen LogP contribution is 2.28. The van der Waals surface area contributed by atoms with Crippen molar-refractivity contribution in [2.75, 3.05) is 11.1 Å². The SMILES string of the molecule is CCc1cc(/C=C/C(=O)Nc2nc3ccc(O)cc3s2)cnc1N. The van der Waals surface area contributed by atoms with Gasteiger partial charge in [-0.25, -0.2) is 9.97 Å². The van der Waals surface area contributed by atoms with Crippen LogP contribution in [0, 0.1) is 0 Å². The molecule has 4 N–H and O–H groups in total. The van der Waals surface area contributed by atoms with E-state index in [4.69, 9.17) is 5.73 Å². The van der Waals surface area contributed by atoms with Gasteiger partial charge in [0.1, 0.15) is 11.6 Å². The summed E-state index contributed by atoms with van der Waals surface area (Å²) in [5.41, 5.74) is 8.25. The number of carbonyl (C=O) groups is 1. The van der Waals surface area contributed by atoms with Crippen molar-refractivity contribution >= 4 is 44.5 Å². The number of phenolic OH excluding ortho intramolecular Hbond substituents is 1. The van der Waals surface area contributed by atoms with Crippen LogP contribution in [0.2, 0.25) is 0 Å². The molecule has 0 aliphatic heterocycles. The highest BCUT2D eigenvalue weighted by molar-refractivity contribution is 7.22. The Balaban J connectivity index is 1.72. The number of benzene rings is 1. The van der Waals surface area contributed by atoms with Gasteiger partial charge in [-0.3, -0.25) is 10.1 Å². The van der Waals surface area contributed by atoms with E-state index in [9.17, 15) is 9.90 Å². The minimum atomic E-state index is -0.284. The van der Waals surface area contributed by atoms with Crippen molar-refractivity contribution in [1.29, 1.82) is 0 Å². The molecule has 0 spiro atoms. The van der Waals surface area contributed by atoms with Gasteiger partial charge in [-0.05, 0) is 47.9 Å². The zero-order valence-electron chi connectivity index (χ0n) is 13.0. The summed E-state index contributed by atoms with van der Waals surface area (Å²) in [6.07, 6.45) is 5.51. The van der Waals surface area contributed by atoms with Gasteiger partial charge in [0.25, 0.3) is 0 Å². The van der Waals surface area contributed by atoms with Gasteiger partial charge >= 0.3 is 0 Å². The molecule has 0 radical (unpaired) electrons. The molecule has 0 saturated heterocycles. The lowest BCUT2D eigenvalue weighted by atomic mass is 10.1. The van der Waals surface area contributed by atoms with Gasteiger partial charge in [-0.2, -0.15) is 0 Å². The first kappa shape index (κ1) is 15.9. The third-order valence-corrected chi connectivity index (χ3v) is 4.37. The fraction of sp³-hybridized carbons (Fsp3) is 0.118. The molecule has 0 bridgehead atoms. The molecule has 2 heterocycles. The van der Waals surface area contributed by atoms with Crippen LogP contribution in [-0.4, -0.2) is 21.0 Å². The van der Waals surface area contributed by atoms with Crippen molar-refractivity contribution in [2.45, 2.75) is 13.3 Å². The fourth-order valence-corrected chi connectivity index (χ4v) is 3.10. The predicted octanol–water partition coefficient (Wildman–Crippen LogP) is 3.19. The highest BCUT2D eigenvalue weighted by Gasteiger charge is 2.06. The molecule has 0 atom stereocenters. The minimum absolute atomic E-state index is 0.173. The Hall–Kier alpha value is -2.93. The number of fused-ring (bicyclic) bond motifs is 1. The van der Waals surface area contributed by atoms with E-state index in [1.54, 1.807) is 30.5 Å². The average Bonchev–Trinajstić information content (AvgIpc) is 2.95. The summed E-state index contributed by atoms with van der Waals surface area (Å²) >= 11 is 1.30. The van der Waals surface area contributed by atoms with Gasteiger partial charge in [0.2, 0.25) is 5.91 Å². The van der Waals surface area contributed by atoms with Crippen LogP contribution in [-0.2, 0) is 11.2 Å². The number of anilines is 2. The largest absolute Gasteiger partial charge is 0.508 e. The van der Waals surface area contributed by atoms with Gasteiger partial charge < -0.3 is 10.8 Å². The normalized spacial score (nSPS) is 11.2. The lowest BCUT2D eigenvalue weighted by molar-refractivity contribution is -0.111. The summed E-state index contributed by atoms with van der Waals surface area (Å²) in [4.78, 5) is 20.4. The Bertz CT molecular complexity index is 933. The molecular formula is C17H16N4O2S. The van der Waals surface area contributed by atoms with Gasteiger partial charge in [0, 0.05) is 12.3 Å². The zero-order valence-corrected chi connectivity index (χ0v) is 13.8. The lowest BCUT2D eigenvalue weighted by Gasteiger charge is -2.02. The Kier molecular flexibility index (Phi) is 4.43. The van der Waals surface area contributed by atoms with E-state index in [-0.39, 0.29) is 11.7 Å². The van der Waals surface area contributed by atoms with Crippen LogP contribution >= 0.6 is 11.3 Å². The Labute approximate surface area is 142 Å². The van der Waals surface area contributed by atoms with Gasteiger partial charge in [-0.1, -0.05) is 18.3 Å². The number of rotatable bonds is 4. The van der Waals surface area contributed by atoms with Crippen LogP contribution < -0.4 is 11.1 Å². The first-order valence-electron chi connectivity index (χ1n) is 7.38. The van der Waals surface area contributed by atoms with Crippen molar-refractivity contribution in [3.8, 4) is 5.75 Å². The molecule has 1 amide bonds. The molecule has 6 nitrogen and oxygen atoms in total. The quantitative estimate of drug-likeness (QED) is 0.633. The standard InChI is InChI=1S/C17H16N4O2S/c1-2-11-7-10(9-19-16(11)18)3-6-15(23)21-17-20-13-5-4-12(22)8-14(13)24-17/h3-9,22H,2H2,1H3,(H2,18,19)(H,20,21,23)/b6-3+. The summed E-state index contributed by atoms with van der Waals surface area (Å²) in [6, 6.07) is 6.79. The summed E-state index contributed by atoms with van der Waals surface area (Å²) in [5.74, 6) is 0.400. The number of carbonyl (C=O) groups excluding carboxylic acids is 1. The molecule has 0 saturated carbocycles. The summed E-state index contributed by atoms with van der Waals surface area (Å²) in [5, 5.41) is 12.7. The molecule has 3 aromatic rings. The molecule has 0 aliphatic rings. The Morgan fingerprint density at radius 2 is 2.25 bits per heavy atom. The second kappa shape index (κ2) is 6.67. The Morgan fingerprint density at radius 3 is 3.04 bits per heavy atom. The highest BCUT2D eigenvalue weighted by atomic mass is 32.1. The number of hydrogen-bond acceptors (Lipinski definition) is 6. The monoisotopic (exact) mass is 340 g/mol. The van der Waals surface area contributed by atoms with Gasteiger partial charge in [-0.15, -0.1) is 0 Å². The second-order valence-electron chi connectivity index (χ2n) is 5.16. The van der Waals surface area contributed by atoms with E-state index >= 15 is 0 Å². The number of nitrogens with zero attached hydrogens (tertiary/aromatic N) is 2. The number of nitrogens with one attached hydrogen (secondary N) is 1. The molecule has 24 heavy (non-hydrogen) atoms. The number of nitrogens with two attached hydrogens (primary N) is 1. The lowest BCUT2D eigenvalue weighted by Crippen LogP contribution is -2.07. The fourth-order valence-electron chi connectivity index (χ4n) is 2.20. The first-order valence-corrected chi connectivity index (χ1v) is 8.20. The van der Waals surface area contributed by atoms with E-state index in [0.29, 0.717) is 10.9 Å². The zero-order chi connectivity index (χ0) is 17.1. The summed E-state index contributed by atoms with van der Waals surface area (Å²) in [6.45, 7) is 2.00. The van der Waals surface area contributed by atoms with Crippen LogP contribution in [0.5, 0.6) is 5.75 Å². The number of hydrogen-bond donors (Lipinski definition) is 3. The topological polar surface area (TPSA) is 101 Å². The van der Waals surface area contributed by atoms with Crippen molar-refractivity contribution in [1.82, 2.24) is 9.97 Å². The van der Waals surface area contributed by atoms with E-state index in [2.05, 4.69) is 15.3 Å². The van der Waals surface area contributed by atoms with Crippen LogP contribution in [0.4, 0.5) is 10.9 Å². The molecule has 0 aliphatic carbocycles. The number of thiazole rings is 1. The summed E-state index contributed by atoms with van der Waals surface area (Å²) in [7, 11) is 0. The van der Waals surface area contributed by atoms with Gasteiger partial charge in [0.15, 0.2) is 5.13 Å². The maximum atomic E-state index is 12.0. The van der Waals surface area contributed by atoms with Crippen molar-refractivity contribution in [2.24, 2.45) is 0 Å². The van der Waals surface area contributed by atoms with E-state index in [1.165, 1.54) is 17.4 Å². The smallest absolute Gasteiger partial charge is 0.250 e. The maximum Gasteiger partial charge on any atom is 0.250 e. The average molecular weight is 340 g/mol. The van der Waals surface area contributed by atoms with Crippen molar-refractivity contribution < 1.29 is 9.90 Å². The van der Waals surface area contributed by atoms with Crippen molar-refractivity contribution in [3.05, 3.63) is 47.7 Å². The number of aromatic hydroxyl groups is 1. The van der Waals surface area contributed by atoms with Crippen LogP contribution in [0.15, 0.2) is 36.5 Å². The molecule has 122 valence electrons. The first-order chi connectivity index (χ1) is 11.5. The van der Waals surface area contributed by atoms with E-state index in [1.807, 2.05) is 13.0 Å². The number of aromatic nitrogens is 2. The summed E-state index contributed by atoms with van der Waals surface area (Å²) < 4.78 is 0.810. The van der Waals surface area contributed by atoms with Crippen molar-refractivity contribution in [3.63, 3.8) is 0 Å². The molecule has 7 heteroatoms. The Morgan fingerprint density at radius 1 is 1.42 bits per heavy atom. The van der Waals surface area contributed by atoms with E-state index < -0.39 is 0 Å². The molecule has 1 aromatic carbocycles. The number of aryl methyl sites for hydroxylation is 1. The number of phenols is 1. The van der Waals surface area contributed by atoms with Crippen LogP contribution in [0.1, 0.15) is 18.1 Å². The molecule has 0 unspecified atom stereocenters. The molecular weight excluding hydrogens is 324 g/mol. The molecule has 3 rings (SSSR count).